The van der Waals surface area contributed by atoms with E-state index in [4.69, 9.17) is 34.8 Å². The molecule has 43 heavy (non-hydrogen) atoms. The number of nitrogens with zero attached hydrogens (tertiary/aromatic N) is 2. The van der Waals surface area contributed by atoms with Crippen LogP contribution in [0.25, 0.3) is 0 Å². The van der Waals surface area contributed by atoms with Crippen molar-refractivity contribution in [2.75, 3.05) is 17.4 Å². The first-order valence-corrected chi connectivity index (χ1v) is 15.7. The Morgan fingerprint density at radius 3 is 2.14 bits per heavy atom. The monoisotopic (exact) mass is 677 g/mol. The summed E-state index contributed by atoms with van der Waals surface area (Å²) in [6, 6.07) is 13.0. The smallest absolute Gasteiger partial charge is 0.354 e. The van der Waals surface area contributed by atoms with E-state index in [2.05, 4.69) is 5.32 Å². The molecule has 14 heteroatoms. The van der Waals surface area contributed by atoms with E-state index < -0.39 is 56.9 Å². The Morgan fingerprint density at radius 1 is 0.930 bits per heavy atom. The fourth-order valence-electron chi connectivity index (χ4n) is 4.11. The van der Waals surface area contributed by atoms with Crippen LogP contribution in [-0.4, -0.2) is 44.3 Å². The van der Waals surface area contributed by atoms with Crippen LogP contribution in [-0.2, 0) is 32.3 Å². The summed E-state index contributed by atoms with van der Waals surface area (Å²) in [6.07, 6.45) is -3.42. The Bertz CT molecular complexity index is 1540. The van der Waals surface area contributed by atoms with E-state index in [-0.39, 0.29) is 21.5 Å². The maximum Gasteiger partial charge on any atom is 0.417 e. The van der Waals surface area contributed by atoms with Crippen molar-refractivity contribution < 1.29 is 31.2 Å². The summed E-state index contributed by atoms with van der Waals surface area (Å²) < 4.78 is 69.4. The number of nitrogens with one attached hydrogen (secondary N) is 1. The average Bonchev–Trinajstić information content (AvgIpc) is 2.95. The van der Waals surface area contributed by atoms with Gasteiger partial charge in [0.1, 0.15) is 12.6 Å². The molecule has 0 unspecified atom stereocenters. The number of carbonyl (C=O) groups excluding carboxylic acids is 2. The number of benzene rings is 3. The first-order valence-electron chi connectivity index (χ1n) is 13.1. The van der Waals surface area contributed by atoms with Gasteiger partial charge in [-0.3, -0.25) is 13.9 Å². The molecule has 3 aromatic carbocycles. The van der Waals surface area contributed by atoms with Crippen molar-refractivity contribution in [1.82, 2.24) is 10.2 Å². The SMILES string of the molecule is CCCCNC(=O)[C@H](C)N(Cc1c(Cl)cccc1Cl)C(=O)CN(c1ccc(Cl)c(C(F)(F)F)c1)S(=O)(=O)c1ccccc1. The van der Waals surface area contributed by atoms with Gasteiger partial charge in [0.25, 0.3) is 10.0 Å². The molecule has 0 aliphatic carbocycles. The highest BCUT2D eigenvalue weighted by atomic mass is 35.5. The van der Waals surface area contributed by atoms with Gasteiger partial charge < -0.3 is 10.2 Å². The number of anilines is 1. The number of sulfonamides is 1. The highest BCUT2D eigenvalue weighted by molar-refractivity contribution is 7.92. The minimum absolute atomic E-state index is 0.199. The molecule has 0 aliphatic heterocycles. The highest BCUT2D eigenvalue weighted by Gasteiger charge is 2.37. The van der Waals surface area contributed by atoms with Crippen LogP contribution in [0.1, 0.15) is 37.8 Å². The second-order valence-electron chi connectivity index (χ2n) is 9.53. The molecule has 3 aromatic rings. The molecule has 3 rings (SSSR count). The molecule has 0 radical (unpaired) electrons. The fraction of sp³-hybridized carbons (Fsp3) is 0.310. The van der Waals surface area contributed by atoms with Crippen LogP contribution in [0.2, 0.25) is 15.1 Å². The quantitative estimate of drug-likeness (QED) is 0.206. The van der Waals surface area contributed by atoms with Gasteiger partial charge in [-0.25, -0.2) is 8.42 Å². The number of alkyl halides is 3. The average molecular weight is 679 g/mol. The van der Waals surface area contributed by atoms with Crippen molar-refractivity contribution in [3.8, 4) is 0 Å². The van der Waals surface area contributed by atoms with E-state index in [1.807, 2.05) is 6.92 Å². The Balaban J connectivity index is 2.12. The molecule has 1 atom stereocenters. The van der Waals surface area contributed by atoms with Gasteiger partial charge in [-0.1, -0.05) is 72.4 Å². The van der Waals surface area contributed by atoms with Crippen molar-refractivity contribution in [1.29, 1.82) is 0 Å². The first-order chi connectivity index (χ1) is 20.2. The molecule has 0 fully saturated rings. The molecular weight excluding hydrogens is 650 g/mol. The molecule has 0 heterocycles. The van der Waals surface area contributed by atoms with Gasteiger partial charge in [-0.05, 0) is 55.8 Å². The fourth-order valence-corrected chi connectivity index (χ4v) is 6.28. The van der Waals surface area contributed by atoms with Crippen LogP contribution in [0.5, 0.6) is 0 Å². The van der Waals surface area contributed by atoms with Crippen LogP contribution < -0.4 is 9.62 Å². The normalized spacial score (nSPS) is 12.5. The summed E-state index contributed by atoms with van der Waals surface area (Å²) in [5, 5.41) is 2.49. The zero-order valence-electron chi connectivity index (χ0n) is 23.2. The first kappa shape index (κ1) is 34.5. The lowest BCUT2D eigenvalue weighted by Crippen LogP contribution is -2.51. The van der Waals surface area contributed by atoms with E-state index in [1.165, 1.54) is 43.3 Å². The van der Waals surface area contributed by atoms with Gasteiger partial charge in [0, 0.05) is 28.7 Å². The van der Waals surface area contributed by atoms with Gasteiger partial charge >= 0.3 is 6.18 Å². The Labute approximate surface area is 263 Å². The highest BCUT2D eigenvalue weighted by Crippen LogP contribution is 2.38. The minimum atomic E-state index is -4.91. The molecular formula is C29H29Cl3F3N3O4S. The van der Waals surface area contributed by atoms with Gasteiger partial charge in [-0.2, -0.15) is 13.2 Å². The lowest BCUT2D eigenvalue weighted by molar-refractivity contribution is -0.139. The number of unbranched alkanes of at least 4 members (excludes halogenated alkanes) is 1. The zero-order chi connectivity index (χ0) is 31.9. The summed E-state index contributed by atoms with van der Waals surface area (Å²) in [6.45, 7) is 2.49. The van der Waals surface area contributed by atoms with Gasteiger partial charge in [0.15, 0.2) is 0 Å². The molecule has 0 saturated heterocycles. The summed E-state index contributed by atoms with van der Waals surface area (Å²) in [5.41, 5.74) is -1.43. The zero-order valence-corrected chi connectivity index (χ0v) is 26.3. The lowest BCUT2D eigenvalue weighted by atomic mass is 10.1. The van der Waals surface area contributed by atoms with Gasteiger partial charge in [-0.15, -0.1) is 0 Å². The van der Waals surface area contributed by atoms with Crippen LogP contribution in [0.15, 0.2) is 71.6 Å². The molecule has 7 nitrogen and oxygen atoms in total. The second-order valence-corrected chi connectivity index (χ2v) is 12.6. The van der Waals surface area contributed by atoms with E-state index in [9.17, 15) is 31.2 Å². The van der Waals surface area contributed by atoms with Crippen LogP contribution in [0.4, 0.5) is 18.9 Å². The maximum absolute atomic E-state index is 14.0. The topological polar surface area (TPSA) is 86.8 Å². The van der Waals surface area contributed by atoms with Crippen LogP contribution in [0, 0.1) is 0 Å². The number of halogens is 6. The van der Waals surface area contributed by atoms with E-state index in [0.717, 1.165) is 23.5 Å². The lowest BCUT2D eigenvalue weighted by Gasteiger charge is -2.32. The molecule has 1 N–H and O–H groups in total. The molecule has 0 bridgehead atoms. The number of rotatable bonds is 12. The summed E-state index contributed by atoms with van der Waals surface area (Å²) in [5.74, 6) is -1.41. The van der Waals surface area contributed by atoms with Gasteiger partial charge in [0.05, 0.1) is 21.2 Å². The number of hydrogen-bond acceptors (Lipinski definition) is 4. The van der Waals surface area contributed by atoms with Crippen LogP contribution in [0.3, 0.4) is 0 Å². The Hall–Kier alpha value is -2.99. The number of hydrogen-bond donors (Lipinski definition) is 1. The third kappa shape index (κ3) is 8.56. The summed E-state index contributed by atoms with van der Waals surface area (Å²) in [7, 11) is -4.59. The largest absolute Gasteiger partial charge is 0.417 e. The number of amides is 2. The minimum Gasteiger partial charge on any atom is -0.354 e. The van der Waals surface area contributed by atoms with Gasteiger partial charge in [0.2, 0.25) is 11.8 Å². The van der Waals surface area contributed by atoms with Crippen LogP contribution >= 0.6 is 34.8 Å². The van der Waals surface area contributed by atoms with Crippen molar-refractivity contribution in [2.45, 2.75) is 50.3 Å². The Kier molecular flexibility index (Phi) is 11.8. The third-order valence-electron chi connectivity index (χ3n) is 6.54. The summed E-state index contributed by atoms with van der Waals surface area (Å²) in [4.78, 5) is 27.8. The van der Waals surface area contributed by atoms with Crippen molar-refractivity contribution >= 4 is 62.3 Å². The molecule has 0 spiro atoms. The molecule has 232 valence electrons. The standard InChI is InChI=1S/C29H29Cl3F3N3O4S/c1-3-4-15-36-28(40)19(2)37(17-22-24(30)11-8-12-25(22)31)27(39)18-38(43(41,42)21-9-6-5-7-10-21)20-13-14-26(32)23(16-20)29(33,34)35/h5-14,16,19H,3-4,15,17-18H2,1-2H3,(H,36,40)/t19-/m0/s1. The maximum atomic E-state index is 14.0. The predicted molar refractivity (Wildman–Crippen MR) is 162 cm³/mol. The van der Waals surface area contributed by atoms with E-state index >= 15 is 0 Å². The predicted octanol–water partition coefficient (Wildman–Crippen LogP) is 7.19. The number of carbonyl (C=O) groups is 2. The third-order valence-corrected chi connectivity index (χ3v) is 9.37. The van der Waals surface area contributed by atoms with Crippen molar-refractivity contribution in [3.63, 3.8) is 0 Å². The van der Waals surface area contributed by atoms with E-state index in [0.29, 0.717) is 28.9 Å². The summed E-state index contributed by atoms with van der Waals surface area (Å²) >= 11 is 18.5. The molecule has 0 saturated carbocycles. The van der Waals surface area contributed by atoms with E-state index in [1.54, 1.807) is 12.1 Å². The van der Waals surface area contributed by atoms with Crippen molar-refractivity contribution in [2.24, 2.45) is 0 Å². The van der Waals surface area contributed by atoms with Crippen molar-refractivity contribution in [3.05, 3.63) is 92.9 Å². The molecule has 0 aromatic heterocycles. The second kappa shape index (κ2) is 14.7. The molecule has 2 amide bonds. The molecule has 0 aliphatic rings. The Morgan fingerprint density at radius 2 is 1.56 bits per heavy atom.